The molecule has 0 unspecified atom stereocenters. The number of rotatable bonds is 8. The van der Waals surface area contributed by atoms with E-state index in [0.29, 0.717) is 0 Å². The fourth-order valence-electron chi connectivity index (χ4n) is 4.50. The van der Waals surface area contributed by atoms with Gasteiger partial charge in [-0.2, -0.15) is 0 Å². The molecule has 10 heteroatoms. The van der Waals surface area contributed by atoms with Crippen LogP contribution in [-0.2, 0) is 51.1 Å². The molecule has 5 rings (SSSR count). The Kier molecular flexibility index (Phi) is 9.25. The Hall–Kier alpha value is -3.96. The van der Waals surface area contributed by atoms with E-state index in [9.17, 15) is 9.59 Å². The molecule has 0 aliphatic carbocycles. The largest absolute Gasteiger partial charge is 0.509 e. The fourth-order valence-corrected chi connectivity index (χ4v) is 4.50. The van der Waals surface area contributed by atoms with Crippen LogP contribution in [0.2, 0.25) is 0 Å². The second-order valence-electron chi connectivity index (χ2n) is 9.17. The van der Waals surface area contributed by atoms with Crippen molar-refractivity contribution in [2.24, 2.45) is 0 Å². The van der Waals surface area contributed by atoms with E-state index in [2.05, 4.69) is 0 Å². The first kappa shape index (κ1) is 27.6. The normalized spacial score (nSPS) is 25.7. The van der Waals surface area contributed by atoms with Gasteiger partial charge in [0.15, 0.2) is 24.8 Å². The van der Waals surface area contributed by atoms with Crippen LogP contribution in [0.1, 0.15) is 23.0 Å². The molecule has 6 atom stereocenters. The van der Waals surface area contributed by atoms with Crippen LogP contribution in [0.4, 0.5) is 9.59 Å². The Morgan fingerprint density at radius 1 is 0.725 bits per heavy atom. The van der Waals surface area contributed by atoms with E-state index in [1.165, 1.54) is 7.11 Å². The lowest BCUT2D eigenvalue weighted by atomic mass is 9.97. The predicted molar refractivity (Wildman–Crippen MR) is 139 cm³/mol. The summed E-state index contributed by atoms with van der Waals surface area (Å²) in [7, 11) is 1.39. The summed E-state index contributed by atoms with van der Waals surface area (Å²) < 4.78 is 45.6. The molecular weight excluding hydrogens is 520 g/mol. The summed E-state index contributed by atoms with van der Waals surface area (Å²) in [4.78, 5) is 25.6. The van der Waals surface area contributed by atoms with Crippen LogP contribution < -0.4 is 0 Å². The van der Waals surface area contributed by atoms with Gasteiger partial charge in [-0.15, -0.1) is 0 Å². The van der Waals surface area contributed by atoms with Crippen molar-refractivity contribution < 1.29 is 47.5 Å². The van der Waals surface area contributed by atoms with Crippen LogP contribution in [0.5, 0.6) is 0 Å². The molecule has 0 radical (unpaired) electrons. The zero-order valence-corrected chi connectivity index (χ0v) is 21.8. The van der Waals surface area contributed by atoms with Crippen LogP contribution in [-0.4, -0.2) is 56.7 Å². The molecular formula is C30H30O10. The molecule has 0 aromatic heterocycles. The standard InChI is InChI=1S/C30H30O10/c1-33-28-26(40-30(32)36-18-21-13-7-3-8-14-21)25(39-29(31)35-17-20-11-5-2-6-12-20)24-23(37-28)19-34-27(38-24)22-15-9-4-10-16-22/h2-16,23-28H,17-19H2,1H3/t23-,24-,25+,26-,27-,28+/m1/s1. The first-order valence-electron chi connectivity index (χ1n) is 12.9. The minimum Gasteiger partial charge on any atom is -0.429 e. The smallest absolute Gasteiger partial charge is 0.429 e. The highest BCUT2D eigenvalue weighted by molar-refractivity contribution is 5.62. The first-order chi connectivity index (χ1) is 19.6. The minimum absolute atomic E-state index is 0.00799. The number of ether oxygens (including phenoxy) is 8. The number of carbonyl (C=O) groups excluding carboxylic acids is 2. The Balaban J connectivity index is 1.33. The van der Waals surface area contributed by atoms with Crippen molar-refractivity contribution in [3.05, 3.63) is 108 Å². The van der Waals surface area contributed by atoms with Crippen molar-refractivity contribution in [2.75, 3.05) is 13.7 Å². The van der Waals surface area contributed by atoms with Gasteiger partial charge >= 0.3 is 12.3 Å². The summed E-state index contributed by atoms with van der Waals surface area (Å²) in [6.07, 6.45) is -7.77. The third-order valence-electron chi connectivity index (χ3n) is 6.45. The van der Waals surface area contributed by atoms with E-state index < -0.39 is 49.3 Å². The van der Waals surface area contributed by atoms with Gasteiger partial charge in [-0.1, -0.05) is 91.0 Å². The highest BCUT2D eigenvalue weighted by Gasteiger charge is 2.54. The van der Waals surface area contributed by atoms with Crippen molar-refractivity contribution >= 4 is 12.3 Å². The summed E-state index contributed by atoms with van der Waals surface area (Å²) in [6, 6.07) is 27.6. The van der Waals surface area contributed by atoms with E-state index in [-0.39, 0.29) is 19.8 Å². The summed E-state index contributed by atoms with van der Waals surface area (Å²) in [6.45, 7) is 0.0993. The van der Waals surface area contributed by atoms with Crippen LogP contribution in [0.15, 0.2) is 91.0 Å². The van der Waals surface area contributed by atoms with Crippen molar-refractivity contribution in [3.8, 4) is 0 Å². The summed E-state index contributed by atoms with van der Waals surface area (Å²) >= 11 is 0. The average molecular weight is 551 g/mol. The van der Waals surface area contributed by atoms with Crippen LogP contribution in [0, 0.1) is 0 Å². The Bertz CT molecular complexity index is 1220. The van der Waals surface area contributed by atoms with Crippen LogP contribution in [0.3, 0.4) is 0 Å². The molecule has 2 saturated heterocycles. The molecule has 210 valence electrons. The maximum atomic E-state index is 12.9. The maximum absolute atomic E-state index is 12.9. The third-order valence-corrected chi connectivity index (χ3v) is 6.45. The van der Waals surface area contributed by atoms with Gasteiger partial charge in [0.25, 0.3) is 0 Å². The van der Waals surface area contributed by atoms with Crippen molar-refractivity contribution in [2.45, 2.75) is 50.2 Å². The quantitative estimate of drug-likeness (QED) is 0.359. The number of carbonyl (C=O) groups is 2. The summed E-state index contributed by atoms with van der Waals surface area (Å²) in [5.74, 6) is 0. The molecule has 0 saturated carbocycles. The molecule has 40 heavy (non-hydrogen) atoms. The zero-order valence-electron chi connectivity index (χ0n) is 21.8. The van der Waals surface area contributed by atoms with E-state index >= 15 is 0 Å². The summed E-state index contributed by atoms with van der Waals surface area (Å²) in [5.41, 5.74) is 2.32. The van der Waals surface area contributed by atoms with Gasteiger partial charge < -0.3 is 37.9 Å². The van der Waals surface area contributed by atoms with Gasteiger partial charge in [-0.05, 0) is 11.1 Å². The highest BCUT2D eigenvalue weighted by atomic mass is 16.8. The van der Waals surface area contributed by atoms with Gasteiger partial charge in [0.2, 0.25) is 0 Å². The first-order valence-corrected chi connectivity index (χ1v) is 12.9. The van der Waals surface area contributed by atoms with Gasteiger partial charge in [0.1, 0.15) is 25.4 Å². The topological polar surface area (TPSA) is 108 Å². The second kappa shape index (κ2) is 13.4. The van der Waals surface area contributed by atoms with Gasteiger partial charge in [-0.25, -0.2) is 9.59 Å². The van der Waals surface area contributed by atoms with Crippen molar-refractivity contribution in [3.63, 3.8) is 0 Å². The second-order valence-corrected chi connectivity index (χ2v) is 9.17. The lowest BCUT2D eigenvalue weighted by Crippen LogP contribution is -2.64. The molecule has 3 aromatic rings. The number of fused-ring (bicyclic) bond motifs is 1. The molecule has 3 aromatic carbocycles. The van der Waals surface area contributed by atoms with Crippen molar-refractivity contribution in [1.82, 2.24) is 0 Å². The van der Waals surface area contributed by atoms with Crippen LogP contribution in [0.25, 0.3) is 0 Å². The minimum atomic E-state index is -1.23. The Morgan fingerprint density at radius 2 is 1.25 bits per heavy atom. The molecule has 0 bridgehead atoms. The maximum Gasteiger partial charge on any atom is 0.509 e. The van der Waals surface area contributed by atoms with E-state index in [1.807, 2.05) is 91.0 Å². The number of methoxy groups -OCH3 is 1. The lowest BCUT2D eigenvalue weighted by molar-refractivity contribution is -0.358. The molecule has 0 N–H and O–H groups in total. The molecule has 0 spiro atoms. The van der Waals surface area contributed by atoms with Crippen LogP contribution >= 0.6 is 0 Å². The van der Waals surface area contributed by atoms with Gasteiger partial charge in [0, 0.05) is 12.7 Å². The molecule has 2 heterocycles. The number of benzene rings is 3. The lowest BCUT2D eigenvalue weighted by Gasteiger charge is -2.47. The molecule has 10 nitrogen and oxygen atoms in total. The Labute approximate surface area is 231 Å². The fraction of sp³-hybridized carbons (Fsp3) is 0.333. The van der Waals surface area contributed by atoms with E-state index in [0.717, 1.165) is 16.7 Å². The van der Waals surface area contributed by atoms with Gasteiger partial charge in [0.05, 0.1) is 6.61 Å². The zero-order chi connectivity index (χ0) is 27.7. The van der Waals surface area contributed by atoms with E-state index in [1.54, 1.807) is 0 Å². The monoisotopic (exact) mass is 550 g/mol. The summed E-state index contributed by atoms with van der Waals surface area (Å²) in [5, 5.41) is 0. The Morgan fingerprint density at radius 3 is 1.80 bits per heavy atom. The van der Waals surface area contributed by atoms with Crippen molar-refractivity contribution in [1.29, 1.82) is 0 Å². The molecule has 0 amide bonds. The molecule has 2 aliphatic heterocycles. The SMILES string of the molecule is CO[C@H]1O[C@@H]2CO[C@@H](c3ccccc3)O[C@H]2[C@H](OC(=O)OCc2ccccc2)[C@H]1OC(=O)OCc1ccccc1. The van der Waals surface area contributed by atoms with E-state index in [4.69, 9.17) is 37.9 Å². The number of hydrogen-bond acceptors (Lipinski definition) is 10. The number of hydrogen-bond donors (Lipinski definition) is 0. The predicted octanol–water partition coefficient (Wildman–Crippen LogP) is 4.92. The average Bonchev–Trinajstić information content (AvgIpc) is 3.01. The highest BCUT2D eigenvalue weighted by Crippen LogP contribution is 2.37. The third kappa shape index (κ3) is 6.97. The van der Waals surface area contributed by atoms with Gasteiger partial charge in [-0.3, -0.25) is 0 Å². The molecule has 2 aliphatic rings. The molecule has 2 fully saturated rings.